The fraction of sp³-hybridized carbons (Fsp3) is 0.600. The summed E-state index contributed by atoms with van der Waals surface area (Å²) in [4.78, 5) is 0. The Bertz CT molecular complexity index is 84.3. The lowest BCUT2D eigenvalue weighted by Crippen LogP contribution is -2.34. The maximum absolute atomic E-state index is 4.72. The van der Waals surface area contributed by atoms with Crippen molar-refractivity contribution in [1.29, 1.82) is 0 Å². The third-order valence-electron chi connectivity index (χ3n) is 0.706. The Labute approximate surface area is 55.2 Å². The van der Waals surface area contributed by atoms with E-state index >= 15 is 0 Å². The summed E-state index contributed by atoms with van der Waals surface area (Å²) in [5.41, 5.74) is 5.45. The Hall–Kier alpha value is -0.740. The van der Waals surface area contributed by atoms with Gasteiger partial charge in [-0.25, -0.2) is 5.43 Å². The summed E-state index contributed by atoms with van der Waals surface area (Å²) < 4.78 is 4.72. The van der Waals surface area contributed by atoms with Crippen molar-refractivity contribution >= 4 is 0 Å². The van der Waals surface area contributed by atoms with E-state index in [-0.39, 0.29) is 0 Å². The van der Waals surface area contributed by atoms with Crippen LogP contribution in [-0.2, 0) is 4.74 Å². The van der Waals surface area contributed by atoms with Gasteiger partial charge in [0.25, 0.3) is 0 Å². The number of ether oxygens (including phenoxy) is 1. The molecule has 54 valence electrons. The third kappa shape index (κ3) is 5.13. The molecule has 0 saturated carbocycles. The molecule has 0 aliphatic rings. The second-order valence-electron chi connectivity index (χ2n) is 1.46. The van der Waals surface area contributed by atoms with Crippen LogP contribution in [-0.4, -0.2) is 20.9 Å². The van der Waals surface area contributed by atoms with E-state index in [9.17, 15) is 0 Å². The molecule has 0 aromatic carbocycles. The molecule has 0 radical (unpaired) electrons. The largest absolute Gasteiger partial charge is 0.365 e. The summed E-state index contributed by atoms with van der Waals surface area (Å²) >= 11 is 0. The van der Waals surface area contributed by atoms with Crippen molar-refractivity contribution in [3.63, 3.8) is 0 Å². The molecule has 0 amide bonds. The summed E-state index contributed by atoms with van der Waals surface area (Å²) in [7, 11) is 3.37. The lowest BCUT2D eigenvalue weighted by molar-refractivity contribution is 0.182. The molecule has 4 heteroatoms. The van der Waals surface area contributed by atoms with E-state index < -0.39 is 0 Å². The van der Waals surface area contributed by atoms with Crippen LogP contribution in [0.1, 0.15) is 0 Å². The van der Waals surface area contributed by atoms with Gasteiger partial charge in [-0.1, -0.05) is 6.58 Å². The van der Waals surface area contributed by atoms with Crippen LogP contribution < -0.4 is 16.2 Å². The minimum atomic E-state index is 0.466. The number of hydrogen-bond acceptors (Lipinski definition) is 4. The first-order valence-corrected chi connectivity index (χ1v) is 2.65. The zero-order valence-electron chi connectivity index (χ0n) is 5.82. The van der Waals surface area contributed by atoms with Gasteiger partial charge in [-0.2, -0.15) is 0 Å². The van der Waals surface area contributed by atoms with Gasteiger partial charge in [-0.05, 0) is 0 Å². The highest BCUT2D eigenvalue weighted by Gasteiger charge is 1.84. The van der Waals surface area contributed by atoms with Crippen LogP contribution in [0.15, 0.2) is 12.4 Å². The van der Waals surface area contributed by atoms with Crippen molar-refractivity contribution in [2.24, 2.45) is 0 Å². The van der Waals surface area contributed by atoms with Crippen molar-refractivity contribution in [2.45, 2.75) is 0 Å². The molecule has 0 saturated heterocycles. The fourth-order valence-corrected chi connectivity index (χ4v) is 0.354. The topological polar surface area (TPSA) is 45.3 Å². The average Bonchev–Trinajstić information content (AvgIpc) is 1.85. The summed E-state index contributed by atoms with van der Waals surface area (Å²) in [5.74, 6) is 0.694. The first-order chi connectivity index (χ1) is 4.31. The van der Waals surface area contributed by atoms with Crippen LogP contribution in [0.5, 0.6) is 0 Å². The van der Waals surface area contributed by atoms with E-state index in [0.29, 0.717) is 12.6 Å². The molecule has 0 aromatic heterocycles. The average molecular weight is 131 g/mol. The van der Waals surface area contributed by atoms with Gasteiger partial charge in [-0.15, -0.1) is 0 Å². The Kier molecular flexibility index (Phi) is 4.95. The highest BCUT2D eigenvalue weighted by Crippen LogP contribution is 1.70. The van der Waals surface area contributed by atoms with Gasteiger partial charge >= 0.3 is 0 Å². The molecular weight excluding hydrogens is 118 g/mol. The third-order valence-corrected chi connectivity index (χ3v) is 0.706. The molecule has 3 N–H and O–H groups in total. The summed E-state index contributed by atoms with van der Waals surface area (Å²) in [6.45, 7) is 4.08. The lowest BCUT2D eigenvalue weighted by atomic mass is 10.8. The van der Waals surface area contributed by atoms with Crippen LogP contribution >= 0.6 is 0 Å². The van der Waals surface area contributed by atoms with Crippen molar-refractivity contribution < 1.29 is 4.74 Å². The second kappa shape index (κ2) is 5.40. The van der Waals surface area contributed by atoms with E-state index in [1.165, 1.54) is 0 Å². The van der Waals surface area contributed by atoms with Crippen molar-refractivity contribution in [2.75, 3.05) is 20.9 Å². The molecule has 0 spiro atoms. The zero-order valence-corrected chi connectivity index (χ0v) is 5.82. The number of nitrogens with one attached hydrogen (secondary N) is 3. The van der Waals surface area contributed by atoms with Gasteiger partial charge in [0.1, 0.15) is 12.6 Å². The molecule has 0 heterocycles. The normalized spacial score (nSPS) is 8.67. The van der Waals surface area contributed by atoms with Gasteiger partial charge in [0.05, 0.1) is 0 Å². The molecule has 4 nitrogen and oxygen atoms in total. The van der Waals surface area contributed by atoms with Crippen molar-refractivity contribution in [3.05, 3.63) is 12.4 Å². The SMILES string of the molecule is C=C(NCOC)NNC. The standard InChI is InChI=1S/C5H13N3O/c1-5(8-6-2)7-4-9-3/h6-8H,1,4H2,2-3H3. The molecule has 0 aliphatic carbocycles. The van der Waals surface area contributed by atoms with Crippen molar-refractivity contribution in [1.82, 2.24) is 16.2 Å². The van der Waals surface area contributed by atoms with Crippen LogP contribution in [0, 0.1) is 0 Å². The molecule has 0 bridgehead atoms. The molecule has 0 rings (SSSR count). The summed E-state index contributed by atoms with van der Waals surface area (Å²) in [6, 6.07) is 0. The number of hydrogen-bond donors (Lipinski definition) is 3. The Balaban J connectivity index is 3.06. The van der Waals surface area contributed by atoms with Gasteiger partial charge in [0.2, 0.25) is 0 Å². The fourth-order valence-electron chi connectivity index (χ4n) is 0.354. The van der Waals surface area contributed by atoms with E-state index in [4.69, 9.17) is 4.74 Å². The summed E-state index contributed by atoms with van der Waals surface area (Å²) in [5, 5.41) is 2.84. The Morgan fingerprint density at radius 2 is 2.33 bits per heavy atom. The molecule has 0 aliphatic heterocycles. The first-order valence-electron chi connectivity index (χ1n) is 2.65. The van der Waals surface area contributed by atoms with E-state index in [0.717, 1.165) is 0 Å². The molecule has 0 atom stereocenters. The monoisotopic (exact) mass is 131 g/mol. The minimum Gasteiger partial charge on any atom is -0.365 e. The second-order valence-corrected chi connectivity index (χ2v) is 1.46. The Morgan fingerprint density at radius 3 is 2.78 bits per heavy atom. The van der Waals surface area contributed by atoms with Crippen LogP contribution in [0.2, 0.25) is 0 Å². The zero-order chi connectivity index (χ0) is 7.11. The number of methoxy groups -OCH3 is 1. The predicted octanol–water partition coefficient (Wildman–Crippen LogP) is -0.625. The quantitative estimate of drug-likeness (QED) is 0.343. The Morgan fingerprint density at radius 1 is 1.67 bits per heavy atom. The summed E-state index contributed by atoms with van der Waals surface area (Å²) in [6.07, 6.45) is 0. The van der Waals surface area contributed by atoms with Crippen molar-refractivity contribution in [3.8, 4) is 0 Å². The van der Waals surface area contributed by atoms with Crippen LogP contribution in [0.3, 0.4) is 0 Å². The minimum absolute atomic E-state index is 0.466. The number of hydrazine groups is 1. The van der Waals surface area contributed by atoms with Crippen LogP contribution in [0.4, 0.5) is 0 Å². The number of rotatable bonds is 5. The van der Waals surface area contributed by atoms with Gasteiger partial charge in [0, 0.05) is 14.2 Å². The maximum Gasteiger partial charge on any atom is 0.117 e. The lowest BCUT2D eigenvalue weighted by Gasteiger charge is -2.08. The highest BCUT2D eigenvalue weighted by molar-refractivity contribution is 4.83. The molecule has 0 unspecified atom stereocenters. The van der Waals surface area contributed by atoms with E-state index in [1.807, 2.05) is 0 Å². The smallest absolute Gasteiger partial charge is 0.117 e. The van der Waals surface area contributed by atoms with E-state index in [2.05, 4.69) is 22.7 Å². The molecule has 0 aromatic rings. The maximum atomic E-state index is 4.72. The van der Waals surface area contributed by atoms with Gasteiger partial charge < -0.3 is 15.5 Å². The van der Waals surface area contributed by atoms with Crippen LogP contribution in [0.25, 0.3) is 0 Å². The highest BCUT2D eigenvalue weighted by atomic mass is 16.5. The first kappa shape index (κ1) is 8.26. The molecule has 0 fully saturated rings. The van der Waals surface area contributed by atoms with E-state index in [1.54, 1.807) is 14.2 Å². The molecule has 9 heavy (non-hydrogen) atoms. The van der Waals surface area contributed by atoms with Gasteiger partial charge in [-0.3, -0.25) is 0 Å². The van der Waals surface area contributed by atoms with Gasteiger partial charge in [0.15, 0.2) is 0 Å². The molecular formula is C5H13N3O. The predicted molar refractivity (Wildman–Crippen MR) is 36.3 cm³/mol.